The van der Waals surface area contributed by atoms with Crippen LogP contribution in [0, 0.1) is 17.2 Å². The topological polar surface area (TPSA) is 73.1 Å². The highest BCUT2D eigenvalue weighted by Crippen LogP contribution is 2.32. The Bertz CT molecular complexity index is 557. The number of rotatable bonds is 2. The van der Waals surface area contributed by atoms with Crippen LogP contribution in [-0.4, -0.2) is 16.6 Å². The van der Waals surface area contributed by atoms with Crippen molar-refractivity contribution in [3.05, 3.63) is 28.2 Å². The van der Waals surface area contributed by atoms with Crippen molar-refractivity contribution in [1.29, 1.82) is 5.26 Å². The second-order valence-electron chi connectivity index (χ2n) is 5.49. The lowest BCUT2D eigenvalue weighted by atomic mass is 9.78. The number of nitriles is 1. The number of amides is 1. The Morgan fingerprint density at radius 2 is 2.15 bits per heavy atom. The van der Waals surface area contributed by atoms with Crippen LogP contribution in [0.1, 0.15) is 43.0 Å². The number of aromatic hydroxyl groups is 1. The summed E-state index contributed by atoms with van der Waals surface area (Å²) in [5.74, 6) is 0.107. The molecule has 2 N–H and O–H groups in total. The maximum absolute atomic E-state index is 12.3. The number of phenols is 1. The fourth-order valence-corrected chi connectivity index (χ4v) is 2.86. The van der Waals surface area contributed by atoms with Crippen molar-refractivity contribution < 1.29 is 9.90 Å². The molecule has 20 heavy (non-hydrogen) atoms. The predicted molar refractivity (Wildman–Crippen MR) is 79.2 cm³/mol. The molecule has 1 fully saturated rings. The van der Waals surface area contributed by atoms with E-state index in [1.807, 2.05) is 0 Å². The van der Waals surface area contributed by atoms with E-state index in [1.54, 1.807) is 12.1 Å². The van der Waals surface area contributed by atoms with Gasteiger partial charge in [-0.2, -0.15) is 5.26 Å². The first-order chi connectivity index (χ1) is 9.46. The molecule has 1 aliphatic rings. The average Bonchev–Trinajstić information content (AvgIpc) is 2.44. The Balaban J connectivity index is 2.18. The smallest absolute Gasteiger partial charge is 0.256 e. The third kappa shape index (κ3) is 3.13. The Labute approximate surface area is 126 Å². The minimum atomic E-state index is -0.807. The summed E-state index contributed by atoms with van der Waals surface area (Å²) < 4.78 is 0.712. The molecule has 1 aromatic carbocycles. The number of carbonyl (C=O) groups excluding carboxylic acids is 1. The molecule has 0 bridgehead atoms. The zero-order valence-corrected chi connectivity index (χ0v) is 12.9. The average molecular weight is 337 g/mol. The van der Waals surface area contributed by atoms with Gasteiger partial charge in [0.25, 0.3) is 5.91 Å². The number of carbonyl (C=O) groups is 1. The standard InChI is InChI=1S/C15H17BrN2O2/c1-10-4-6-15(9-17,7-5-10)18-14(20)12-8-11(16)2-3-13(12)19/h2-3,8,10,19H,4-7H2,1H3,(H,18,20). The van der Waals surface area contributed by atoms with E-state index in [1.165, 1.54) is 6.07 Å². The second-order valence-corrected chi connectivity index (χ2v) is 6.41. The van der Waals surface area contributed by atoms with Gasteiger partial charge >= 0.3 is 0 Å². The Morgan fingerprint density at radius 3 is 2.75 bits per heavy atom. The van der Waals surface area contributed by atoms with E-state index >= 15 is 0 Å². The first kappa shape index (κ1) is 14.9. The molecule has 0 atom stereocenters. The number of hydrogen-bond acceptors (Lipinski definition) is 3. The first-order valence-electron chi connectivity index (χ1n) is 6.68. The van der Waals surface area contributed by atoms with E-state index in [2.05, 4.69) is 34.2 Å². The van der Waals surface area contributed by atoms with Gasteiger partial charge in [-0.05, 0) is 49.8 Å². The molecule has 0 saturated heterocycles. The molecule has 0 unspecified atom stereocenters. The third-order valence-electron chi connectivity index (χ3n) is 3.90. The van der Waals surface area contributed by atoms with Crippen molar-refractivity contribution in [2.24, 2.45) is 5.92 Å². The number of hydrogen-bond donors (Lipinski definition) is 2. The maximum atomic E-state index is 12.3. The Hall–Kier alpha value is -1.54. The molecule has 0 aromatic heterocycles. The van der Waals surface area contributed by atoms with Gasteiger partial charge in [-0.25, -0.2) is 0 Å². The van der Waals surface area contributed by atoms with E-state index in [0.29, 0.717) is 23.2 Å². The largest absolute Gasteiger partial charge is 0.507 e. The summed E-state index contributed by atoms with van der Waals surface area (Å²) in [5.41, 5.74) is -0.620. The lowest BCUT2D eigenvalue weighted by Gasteiger charge is -2.34. The highest BCUT2D eigenvalue weighted by Gasteiger charge is 2.36. The fourth-order valence-electron chi connectivity index (χ4n) is 2.49. The maximum Gasteiger partial charge on any atom is 0.256 e. The lowest BCUT2D eigenvalue weighted by molar-refractivity contribution is 0.0891. The van der Waals surface area contributed by atoms with Crippen LogP contribution in [-0.2, 0) is 0 Å². The van der Waals surface area contributed by atoms with E-state index in [9.17, 15) is 15.2 Å². The van der Waals surface area contributed by atoms with Gasteiger partial charge in [-0.3, -0.25) is 4.79 Å². The van der Waals surface area contributed by atoms with Gasteiger partial charge in [0.05, 0.1) is 11.6 Å². The summed E-state index contributed by atoms with van der Waals surface area (Å²) in [6.45, 7) is 2.16. The lowest BCUT2D eigenvalue weighted by Crippen LogP contribution is -2.49. The van der Waals surface area contributed by atoms with Crippen LogP contribution < -0.4 is 5.32 Å². The number of phenolic OH excluding ortho intramolecular Hbond substituents is 1. The van der Waals surface area contributed by atoms with Gasteiger partial charge < -0.3 is 10.4 Å². The normalized spacial score (nSPS) is 25.8. The van der Waals surface area contributed by atoms with Gasteiger partial charge in [0.15, 0.2) is 0 Å². The molecular formula is C15H17BrN2O2. The van der Waals surface area contributed by atoms with E-state index in [0.717, 1.165) is 12.8 Å². The summed E-state index contributed by atoms with van der Waals surface area (Å²) in [6.07, 6.45) is 3.17. The van der Waals surface area contributed by atoms with Crippen molar-refractivity contribution in [2.45, 2.75) is 38.1 Å². The van der Waals surface area contributed by atoms with E-state index in [-0.39, 0.29) is 11.3 Å². The quantitative estimate of drug-likeness (QED) is 0.869. The highest BCUT2D eigenvalue weighted by molar-refractivity contribution is 9.10. The van der Waals surface area contributed by atoms with Crippen molar-refractivity contribution in [3.8, 4) is 11.8 Å². The number of benzene rings is 1. The van der Waals surface area contributed by atoms with Gasteiger partial charge in [-0.1, -0.05) is 22.9 Å². The molecule has 0 heterocycles. The summed E-state index contributed by atoms with van der Waals surface area (Å²) >= 11 is 3.27. The first-order valence-corrected chi connectivity index (χ1v) is 7.47. The molecule has 4 nitrogen and oxygen atoms in total. The molecule has 0 aliphatic heterocycles. The molecule has 0 radical (unpaired) electrons. The number of halogens is 1. The molecule has 1 aromatic rings. The van der Waals surface area contributed by atoms with Crippen LogP contribution in [0.3, 0.4) is 0 Å². The van der Waals surface area contributed by atoms with Crippen LogP contribution in [0.2, 0.25) is 0 Å². The fraction of sp³-hybridized carbons (Fsp3) is 0.467. The van der Waals surface area contributed by atoms with Gasteiger partial charge in [0.2, 0.25) is 0 Å². The molecular weight excluding hydrogens is 320 g/mol. The summed E-state index contributed by atoms with van der Waals surface area (Å²) in [4.78, 5) is 12.3. The van der Waals surface area contributed by atoms with Crippen molar-refractivity contribution in [2.75, 3.05) is 0 Å². The zero-order chi connectivity index (χ0) is 14.8. The van der Waals surface area contributed by atoms with Crippen molar-refractivity contribution in [1.82, 2.24) is 5.32 Å². The predicted octanol–water partition coefficient (Wildman–Crippen LogP) is 3.36. The molecule has 1 saturated carbocycles. The molecule has 1 aliphatic carbocycles. The monoisotopic (exact) mass is 336 g/mol. The zero-order valence-electron chi connectivity index (χ0n) is 11.3. The number of nitrogens with one attached hydrogen (secondary N) is 1. The Kier molecular flexibility index (Phi) is 4.34. The van der Waals surface area contributed by atoms with Crippen LogP contribution in [0.4, 0.5) is 0 Å². The van der Waals surface area contributed by atoms with Crippen molar-refractivity contribution >= 4 is 21.8 Å². The SMILES string of the molecule is CC1CCC(C#N)(NC(=O)c2cc(Br)ccc2O)CC1. The number of nitrogens with zero attached hydrogens (tertiary/aromatic N) is 1. The van der Waals surface area contributed by atoms with Crippen LogP contribution in [0.25, 0.3) is 0 Å². The summed E-state index contributed by atoms with van der Waals surface area (Å²) in [6, 6.07) is 6.92. The highest BCUT2D eigenvalue weighted by atomic mass is 79.9. The summed E-state index contributed by atoms with van der Waals surface area (Å²) in [5, 5.41) is 22.0. The molecule has 1 amide bonds. The van der Waals surface area contributed by atoms with Crippen LogP contribution in [0.15, 0.2) is 22.7 Å². The molecule has 2 rings (SSSR count). The van der Waals surface area contributed by atoms with Gasteiger partial charge in [0.1, 0.15) is 11.3 Å². The third-order valence-corrected chi connectivity index (χ3v) is 4.39. The molecule has 0 spiro atoms. The van der Waals surface area contributed by atoms with Crippen molar-refractivity contribution in [3.63, 3.8) is 0 Å². The minimum absolute atomic E-state index is 0.0806. The Morgan fingerprint density at radius 1 is 1.50 bits per heavy atom. The van der Waals surface area contributed by atoms with E-state index < -0.39 is 11.4 Å². The second kappa shape index (κ2) is 5.84. The molecule has 106 valence electrons. The van der Waals surface area contributed by atoms with Gasteiger partial charge in [-0.15, -0.1) is 0 Å². The van der Waals surface area contributed by atoms with Crippen LogP contribution >= 0.6 is 15.9 Å². The van der Waals surface area contributed by atoms with Gasteiger partial charge in [0, 0.05) is 4.47 Å². The summed E-state index contributed by atoms with van der Waals surface area (Å²) in [7, 11) is 0. The molecule has 5 heteroatoms. The van der Waals surface area contributed by atoms with Crippen LogP contribution in [0.5, 0.6) is 5.75 Å². The van der Waals surface area contributed by atoms with E-state index in [4.69, 9.17) is 0 Å². The minimum Gasteiger partial charge on any atom is -0.507 e.